The highest BCUT2D eigenvalue weighted by Gasteiger charge is 2.09. The van der Waals surface area contributed by atoms with E-state index in [9.17, 15) is 4.79 Å². The van der Waals surface area contributed by atoms with Gasteiger partial charge in [-0.15, -0.1) is 0 Å². The summed E-state index contributed by atoms with van der Waals surface area (Å²) in [6, 6.07) is 7.74. The van der Waals surface area contributed by atoms with Crippen LogP contribution in [0, 0.1) is 0 Å². The van der Waals surface area contributed by atoms with E-state index in [4.69, 9.17) is 14.2 Å². The Morgan fingerprint density at radius 1 is 1.21 bits per heavy atom. The van der Waals surface area contributed by atoms with Crippen molar-refractivity contribution < 1.29 is 19.0 Å². The summed E-state index contributed by atoms with van der Waals surface area (Å²) in [6.07, 6.45) is 1.63. The van der Waals surface area contributed by atoms with Gasteiger partial charge in [-0.05, 0) is 38.0 Å². The van der Waals surface area contributed by atoms with Crippen LogP contribution in [0.2, 0.25) is 0 Å². The van der Waals surface area contributed by atoms with E-state index < -0.39 is 12.3 Å². The Morgan fingerprint density at radius 3 is 2.47 bits per heavy atom. The maximum Gasteiger partial charge on any atom is 0.346 e. The lowest BCUT2D eigenvalue weighted by Crippen LogP contribution is -2.22. The maximum atomic E-state index is 11.4. The van der Waals surface area contributed by atoms with Crippen molar-refractivity contribution in [3.8, 4) is 5.75 Å². The van der Waals surface area contributed by atoms with E-state index in [2.05, 4.69) is 6.92 Å². The van der Waals surface area contributed by atoms with E-state index >= 15 is 0 Å². The van der Waals surface area contributed by atoms with Gasteiger partial charge in [-0.2, -0.15) is 0 Å². The largest absolute Gasteiger partial charge is 0.482 e. The van der Waals surface area contributed by atoms with E-state index in [1.165, 1.54) is 5.56 Å². The van der Waals surface area contributed by atoms with Crippen molar-refractivity contribution >= 4 is 5.97 Å². The van der Waals surface area contributed by atoms with E-state index in [1.807, 2.05) is 31.2 Å². The third kappa shape index (κ3) is 6.25. The third-order valence-electron chi connectivity index (χ3n) is 2.52. The summed E-state index contributed by atoms with van der Waals surface area (Å²) < 4.78 is 15.4. The third-order valence-corrected chi connectivity index (χ3v) is 2.52. The molecule has 4 heteroatoms. The first-order valence-corrected chi connectivity index (χ1v) is 6.68. The molecule has 106 valence electrons. The highest BCUT2D eigenvalue weighted by atomic mass is 16.7. The predicted octanol–water partition coefficient (Wildman–Crippen LogP) is 2.94. The Balaban J connectivity index is 2.33. The highest BCUT2D eigenvalue weighted by molar-refractivity contribution is 5.71. The summed E-state index contributed by atoms with van der Waals surface area (Å²) in [5.41, 5.74) is 1.27. The van der Waals surface area contributed by atoms with Gasteiger partial charge >= 0.3 is 5.97 Å². The van der Waals surface area contributed by atoms with Gasteiger partial charge in [-0.1, -0.05) is 25.5 Å². The molecule has 0 heterocycles. The monoisotopic (exact) mass is 266 g/mol. The van der Waals surface area contributed by atoms with Gasteiger partial charge in [0.25, 0.3) is 0 Å². The van der Waals surface area contributed by atoms with Gasteiger partial charge in [-0.3, -0.25) is 0 Å². The Labute approximate surface area is 114 Å². The molecule has 1 rings (SSSR count). The molecule has 0 aromatic heterocycles. The average molecular weight is 266 g/mol. The van der Waals surface area contributed by atoms with Crippen LogP contribution < -0.4 is 4.74 Å². The van der Waals surface area contributed by atoms with Crippen LogP contribution in [-0.2, 0) is 20.7 Å². The van der Waals surface area contributed by atoms with Crippen LogP contribution in [-0.4, -0.2) is 25.5 Å². The fourth-order valence-electron chi connectivity index (χ4n) is 1.67. The summed E-state index contributed by atoms with van der Waals surface area (Å²) >= 11 is 0. The lowest BCUT2D eigenvalue weighted by molar-refractivity contribution is -0.175. The number of hydrogen-bond acceptors (Lipinski definition) is 4. The number of carbonyl (C=O) groups excluding carboxylic acids is 1. The number of esters is 1. The number of benzene rings is 1. The average Bonchev–Trinajstić information content (AvgIpc) is 2.38. The fraction of sp³-hybridized carbons (Fsp3) is 0.533. The lowest BCUT2D eigenvalue weighted by atomic mass is 10.1. The smallest absolute Gasteiger partial charge is 0.346 e. The topological polar surface area (TPSA) is 44.8 Å². The van der Waals surface area contributed by atoms with Crippen molar-refractivity contribution in [2.75, 3.05) is 13.2 Å². The van der Waals surface area contributed by atoms with Crippen LogP contribution in [0.1, 0.15) is 32.8 Å². The van der Waals surface area contributed by atoms with Crippen LogP contribution in [0.4, 0.5) is 0 Å². The number of rotatable bonds is 8. The molecule has 0 saturated carbocycles. The standard InChI is InChI=1S/C15H22O4/c1-4-6-13-7-9-14(10-8-13)18-11-15(16)19-12(3)17-5-2/h7-10,12H,4-6,11H2,1-3H3. The van der Waals surface area contributed by atoms with Crippen LogP contribution in [0.25, 0.3) is 0 Å². The minimum Gasteiger partial charge on any atom is -0.482 e. The van der Waals surface area contributed by atoms with Gasteiger partial charge in [0.05, 0.1) is 0 Å². The Hall–Kier alpha value is -1.55. The summed E-state index contributed by atoms with van der Waals surface area (Å²) in [7, 11) is 0. The van der Waals surface area contributed by atoms with Crippen molar-refractivity contribution in [3.05, 3.63) is 29.8 Å². The molecule has 0 aliphatic rings. The first-order chi connectivity index (χ1) is 9.15. The molecule has 0 aliphatic carbocycles. The van der Waals surface area contributed by atoms with Gasteiger partial charge in [0, 0.05) is 6.61 Å². The van der Waals surface area contributed by atoms with Crippen LogP contribution >= 0.6 is 0 Å². The number of hydrogen-bond donors (Lipinski definition) is 0. The van der Waals surface area contributed by atoms with Gasteiger partial charge in [0.15, 0.2) is 12.9 Å². The zero-order valence-corrected chi connectivity index (χ0v) is 11.8. The summed E-state index contributed by atoms with van der Waals surface area (Å²) in [6.45, 7) is 6.07. The first kappa shape index (κ1) is 15.5. The van der Waals surface area contributed by atoms with Gasteiger partial charge in [-0.25, -0.2) is 4.79 Å². The molecule has 0 bridgehead atoms. The quantitative estimate of drug-likeness (QED) is 0.536. The predicted molar refractivity (Wildman–Crippen MR) is 73.1 cm³/mol. The summed E-state index contributed by atoms with van der Waals surface area (Å²) in [5, 5.41) is 0. The SMILES string of the molecule is CCCc1ccc(OCC(=O)OC(C)OCC)cc1. The number of carbonyl (C=O) groups is 1. The van der Waals surface area contributed by atoms with Crippen molar-refractivity contribution in [2.45, 2.75) is 39.9 Å². The first-order valence-electron chi connectivity index (χ1n) is 6.68. The molecule has 0 saturated heterocycles. The molecule has 0 amide bonds. The molecule has 0 spiro atoms. The minimum atomic E-state index is -0.534. The zero-order valence-electron chi connectivity index (χ0n) is 11.8. The van der Waals surface area contributed by atoms with E-state index in [-0.39, 0.29) is 6.61 Å². The second-order valence-corrected chi connectivity index (χ2v) is 4.20. The van der Waals surface area contributed by atoms with Gasteiger partial charge < -0.3 is 14.2 Å². The van der Waals surface area contributed by atoms with Crippen LogP contribution in [0.3, 0.4) is 0 Å². The molecule has 0 radical (unpaired) electrons. The fourth-order valence-corrected chi connectivity index (χ4v) is 1.67. The van der Waals surface area contributed by atoms with Crippen molar-refractivity contribution in [3.63, 3.8) is 0 Å². The molecule has 19 heavy (non-hydrogen) atoms. The van der Waals surface area contributed by atoms with E-state index in [0.29, 0.717) is 12.4 Å². The van der Waals surface area contributed by atoms with E-state index in [0.717, 1.165) is 12.8 Å². The van der Waals surface area contributed by atoms with Crippen LogP contribution in [0.15, 0.2) is 24.3 Å². The Morgan fingerprint density at radius 2 is 1.89 bits per heavy atom. The molecular weight excluding hydrogens is 244 g/mol. The normalized spacial score (nSPS) is 11.9. The molecule has 0 aliphatic heterocycles. The van der Waals surface area contributed by atoms with Gasteiger partial charge in [0.1, 0.15) is 5.75 Å². The zero-order chi connectivity index (χ0) is 14.1. The molecule has 1 aromatic rings. The van der Waals surface area contributed by atoms with Gasteiger partial charge in [0.2, 0.25) is 0 Å². The Bertz CT molecular complexity index is 372. The molecule has 1 aromatic carbocycles. The van der Waals surface area contributed by atoms with Crippen LogP contribution in [0.5, 0.6) is 5.75 Å². The Kier molecular flexibility index (Phi) is 6.97. The summed E-state index contributed by atoms with van der Waals surface area (Å²) in [4.78, 5) is 11.4. The molecule has 0 N–H and O–H groups in total. The maximum absolute atomic E-state index is 11.4. The summed E-state index contributed by atoms with van der Waals surface area (Å²) in [5.74, 6) is 0.236. The molecular formula is C15H22O4. The second kappa shape index (κ2) is 8.53. The molecule has 1 unspecified atom stereocenters. The molecule has 4 nitrogen and oxygen atoms in total. The van der Waals surface area contributed by atoms with E-state index in [1.54, 1.807) is 6.92 Å². The highest BCUT2D eigenvalue weighted by Crippen LogP contribution is 2.13. The lowest BCUT2D eigenvalue weighted by Gasteiger charge is -2.13. The van der Waals surface area contributed by atoms with Crippen molar-refractivity contribution in [2.24, 2.45) is 0 Å². The molecule has 0 fully saturated rings. The van der Waals surface area contributed by atoms with Crippen molar-refractivity contribution in [1.29, 1.82) is 0 Å². The molecule has 1 atom stereocenters. The number of aryl methyl sites for hydroxylation is 1. The minimum absolute atomic E-state index is 0.107. The van der Waals surface area contributed by atoms with Crippen molar-refractivity contribution in [1.82, 2.24) is 0 Å². The number of ether oxygens (including phenoxy) is 3. The second-order valence-electron chi connectivity index (χ2n) is 4.20.